The summed E-state index contributed by atoms with van der Waals surface area (Å²) in [5.41, 5.74) is 8.62. The maximum Gasteiger partial charge on any atom is 0.255 e. The fourth-order valence-corrected chi connectivity index (χ4v) is 9.41. The Balaban J connectivity index is 0.919. The Labute approximate surface area is 307 Å². The van der Waals surface area contributed by atoms with E-state index in [4.69, 9.17) is 4.52 Å². The number of amides is 3. The van der Waals surface area contributed by atoms with Crippen molar-refractivity contribution in [1.29, 1.82) is 5.26 Å². The zero-order valence-electron chi connectivity index (χ0n) is 30.2. The SMILES string of the molecule is Cc1ccc(-c2c(C)noc2C)cc1N(CC1CC2(C1)CN(c1cc3c(cc1F)C(=O)N(C1CCC(=O)NC1=O)C3)C2)c1ccc(C2(C#N)CC2)cc1. The van der Waals surface area contributed by atoms with Gasteiger partial charge < -0.3 is 19.2 Å². The van der Waals surface area contributed by atoms with Crippen LogP contribution in [0.15, 0.2) is 59.1 Å². The highest BCUT2D eigenvalue weighted by molar-refractivity contribution is 6.05. The van der Waals surface area contributed by atoms with Gasteiger partial charge in [0.2, 0.25) is 11.8 Å². The number of aryl methyl sites for hydroxylation is 3. The average molecular weight is 713 g/mol. The monoisotopic (exact) mass is 712 g/mol. The molecule has 10 nitrogen and oxygen atoms in total. The van der Waals surface area contributed by atoms with Crippen molar-refractivity contribution in [2.75, 3.05) is 29.4 Å². The largest absolute Gasteiger partial charge is 0.368 e. The number of rotatable bonds is 8. The Hall–Kier alpha value is -5.50. The zero-order chi connectivity index (χ0) is 36.8. The Morgan fingerprint density at radius 2 is 1.79 bits per heavy atom. The summed E-state index contributed by atoms with van der Waals surface area (Å²) in [5.74, 6) is -0.399. The molecule has 3 aromatic carbocycles. The molecule has 9 rings (SSSR count). The fraction of sp³-hybridized carbons (Fsp3) is 0.405. The summed E-state index contributed by atoms with van der Waals surface area (Å²) in [4.78, 5) is 43.3. The van der Waals surface area contributed by atoms with Crippen molar-refractivity contribution in [2.45, 2.75) is 77.3 Å². The number of nitrogens with one attached hydrogen (secondary N) is 1. The number of carbonyl (C=O) groups is 3. The van der Waals surface area contributed by atoms with E-state index in [0.29, 0.717) is 17.2 Å². The zero-order valence-corrected chi connectivity index (χ0v) is 30.2. The van der Waals surface area contributed by atoms with Gasteiger partial charge in [0, 0.05) is 60.5 Å². The van der Waals surface area contributed by atoms with E-state index >= 15 is 4.39 Å². The van der Waals surface area contributed by atoms with Gasteiger partial charge >= 0.3 is 0 Å². The first-order valence-electron chi connectivity index (χ1n) is 18.5. The summed E-state index contributed by atoms with van der Waals surface area (Å²) < 4.78 is 21.1. The van der Waals surface area contributed by atoms with Gasteiger partial charge in [0.1, 0.15) is 17.6 Å². The van der Waals surface area contributed by atoms with Gasteiger partial charge in [-0.1, -0.05) is 29.4 Å². The average Bonchev–Trinajstić information content (AvgIpc) is 3.76. The van der Waals surface area contributed by atoms with E-state index in [0.717, 1.165) is 90.4 Å². The molecule has 2 saturated heterocycles. The highest BCUT2D eigenvalue weighted by atomic mass is 19.1. The number of aromatic nitrogens is 1. The highest BCUT2D eigenvalue weighted by Gasteiger charge is 2.53. The number of hydrogen-bond acceptors (Lipinski definition) is 8. The van der Waals surface area contributed by atoms with Crippen molar-refractivity contribution in [3.05, 3.63) is 94.1 Å². The minimum absolute atomic E-state index is 0.110. The van der Waals surface area contributed by atoms with Crippen LogP contribution in [0.5, 0.6) is 0 Å². The molecular formula is C42H41FN6O4. The van der Waals surface area contributed by atoms with Gasteiger partial charge in [0.05, 0.1) is 22.9 Å². The summed E-state index contributed by atoms with van der Waals surface area (Å²) in [6.45, 7) is 8.57. The number of nitriles is 1. The number of carbonyl (C=O) groups excluding carboxylic acids is 3. The molecule has 0 bridgehead atoms. The normalized spacial score (nSPS) is 21.2. The second-order valence-electron chi connectivity index (χ2n) is 16.0. The van der Waals surface area contributed by atoms with Crippen molar-refractivity contribution >= 4 is 34.8 Å². The minimum atomic E-state index is -0.731. The molecule has 4 heterocycles. The Bertz CT molecular complexity index is 2220. The number of halogens is 1. The summed E-state index contributed by atoms with van der Waals surface area (Å²) in [6, 6.07) is 19.9. The predicted molar refractivity (Wildman–Crippen MR) is 196 cm³/mol. The Morgan fingerprint density at radius 1 is 1.04 bits per heavy atom. The molecule has 2 saturated carbocycles. The smallest absolute Gasteiger partial charge is 0.255 e. The molecule has 1 N–H and O–H groups in total. The van der Waals surface area contributed by atoms with Crippen molar-refractivity contribution in [3.63, 3.8) is 0 Å². The van der Waals surface area contributed by atoms with Crippen molar-refractivity contribution in [3.8, 4) is 17.2 Å². The maximum absolute atomic E-state index is 15.6. The number of piperidine rings is 1. The first-order valence-corrected chi connectivity index (χ1v) is 18.5. The minimum Gasteiger partial charge on any atom is -0.368 e. The first kappa shape index (κ1) is 33.3. The number of nitrogens with zero attached hydrogens (tertiary/aromatic N) is 5. The van der Waals surface area contributed by atoms with E-state index < -0.39 is 17.8 Å². The van der Waals surface area contributed by atoms with Gasteiger partial charge in [-0.2, -0.15) is 5.26 Å². The third-order valence-electron chi connectivity index (χ3n) is 12.4. The van der Waals surface area contributed by atoms with E-state index in [1.165, 1.54) is 11.0 Å². The molecule has 270 valence electrons. The lowest BCUT2D eigenvalue weighted by molar-refractivity contribution is -0.136. The summed E-state index contributed by atoms with van der Waals surface area (Å²) in [5, 5.41) is 16.3. The van der Waals surface area contributed by atoms with Gasteiger partial charge in [-0.3, -0.25) is 19.7 Å². The fourth-order valence-electron chi connectivity index (χ4n) is 9.41. The van der Waals surface area contributed by atoms with Gasteiger partial charge in [0.25, 0.3) is 5.91 Å². The van der Waals surface area contributed by atoms with Crippen LogP contribution in [0.1, 0.15) is 77.0 Å². The van der Waals surface area contributed by atoms with Crippen LogP contribution < -0.4 is 15.1 Å². The molecule has 2 aliphatic carbocycles. The van der Waals surface area contributed by atoms with E-state index in [1.807, 2.05) is 13.8 Å². The molecule has 1 spiro atoms. The van der Waals surface area contributed by atoms with Gasteiger partial charge in [-0.05, 0) is 111 Å². The molecule has 5 aliphatic rings. The summed E-state index contributed by atoms with van der Waals surface area (Å²) in [6.07, 6.45) is 4.29. The van der Waals surface area contributed by atoms with Crippen LogP contribution in [-0.2, 0) is 21.5 Å². The Morgan fingerprint density at radius 3 is 2.45 bits per heavy atom. The Kier molecular flexibility index (Phi) is 7.56. The third-order valence-corrected chi connectivity index (χ3v) is 12.4. The lowest BCUT2D eigenvalue weighted by Gasteiger charge is -2.60. The maximum atomic E-state index is 15.6. The van der Waals surface area contributed by atoms with Gasteiger partial charge in [-0.15, -0.1) is 0 Å². The molecule has 11 heteroatoms. The van der Waals surface area contributed by atoms with Gasteiger partial charge in [0.15, 0.2) is 0 Å². The first-order chi connectivity index (χ1) is 25.5. The van der Waals surface area contributed by atoms with Crippen molar-refractivity contribution in [2.24, 2.45) is 11.3 Å². The van der Waals surface area contributed by atoms with Crippen LogP contribution in [0.3, 0.4) is 0 Å². The van der Waals surface area contributed by atoms with Crippen LogP contribution in [0.25, 0.3) is 11.1 Å². The standard InChI is InChI=1S/C42H41FN6O4/c1-24-4-5-28(38-25(2)46-53-26(38)3)14-35(24)48(31-8-6-30(7-9-31)42(21-44)12-13-42)19-27-17-41(18-27)22-47(23-41)36-15-29-20-49(40(52)32(29)16-33(36)43)34-10-11-37(50)45-39(34)51/h4-9,14-16,27,34H,10-13,17-20,22-23H2,1-3H3,(H,45,50,51). The summed E-state index contributed by atoms with van der Waals surface area (Å²) >= 11 is 0. The highest BCUT2D eigenvalue weighted by Crippen LogP contribution is 2.55. The lowest BCUT2D eigenvalue weighted by Crippen LogP contribution is -2.63. The van der Waals surface area contributed by atoms with Crippen LogP contribution >= 0.6 is 0 Å². The molecule has 1 unspecified atom stereocenters. The molecular weight excluding hydrogens is 671 g/mol. The van der Waals surface area contributed by atoms with Crippen molar-refractivity contribution < 1.29 is 23.3 Å². The quantitative estimate of drug-likeness (QED) is 0.199. The number of hydrogen-bond donors (Lipinski definition) is 1. The molecule has 3 aliphatic heterocycles. The number of benzene rings is 3. The van der Waals surface area contributed by atoms with Crippen LogP contribution in [0.4, 0.5) is 21.5 Å². The molecule has 1 aromatic heterocycles. The molecule has 1 atom stereocenters. The number of fused-ring (bicyclic) bond motifs is 1. The third kappa shape index (κ3) is 5.49. The van der Waals surface area contributed by atoms with E-state index in [-0.39, 0.29) is 47.6 Å². The summed E-state index contributed by atoms with van der Waals surface area (Å²) in [7, 11) is 0. The van der Waals surface area contributed by atoms with E-state index in [1.54, 1.807) is 6.07 Å². The number of imide groups is 1. The second kappa shape index (κ2) is 12.0. The second-order valence-corrected chi connectivity index (χ2v) is 16.0. The molecule has 4 fully saturated rings. The topological polar surface area (TPSA) is 123 Å². The van der Waals surface area contributed by atoms with Crippen LogP contribution in [0, 0.1) is 49.3 Å². The molecule has 3 amide bonds. The van der Waals surface area contributed by atoms with E-state index in [9.17, 15) is 19.6 Å². The molecule has 4 aromatic rings. The van der Waals surface area contributed by atoms with E-state index in [2.05, 4.69) is 75.7 Å². The molecule has 53 heavy (non-hydrogen) atoms. The van der Waals surface area contributed by atoms with Crippen molar-refractivity contribution in [1.82, 2.24) is 15.4 Å². The molecule has 0 radical (unpaired) electrons. The number of anilines is 3. The van der Waals surface area contributed by atoms with Crippen LogP contribution in [-0.4, -0.2) is 53.5 Å². The lowest BCUT2D eigenvalue weighted by atomic mass is 9.57. The van der Waals surface area contributed by atoms with Gasteiger partial charge in [-0.25, -0.2) is 4.39 Å². The van der Waals surface area contributed by atoms with Crippen LogP contribution in [0.2, 0.25) is 0 Å². The predicted octanol–water partition coefficient (Wildman–Crippen LogP) is 6.78.